The number of pyridine rings is 1. The van der Waals surface area contributed by atoms with Crippen LogP contribution < -0.4 is 10.6 Å². The molecular weight excluding hydrogens is 314 g/mol. The summed E-state index contributed by atoms with van der Waals surface area (Å²) in [6.45, 7) is 3.79. The van der Waals surface area contributed by atoms with Crippen LogP contribution in [0.4, 0.5) is 10.5 Å². The zero-order valence-corrected chi connectivity index (χ0v) is 12.3. The van der Waals surface area contributed by atoms with E-state index in [1.807, 2.05) is 13.8 Å². The molecule has 0 fully saturated rings. The number of carboxylic acid groups (broad SMARTS) is 1. The number of halogens is 1. The van der Waals surface area contributed by atoms with Crippen molar-refractivity contribution < 1.29 is 14.7 Å². The van der Waals surface area contributed by atoms with Crippen LogP contribution in [-0.4, -0.2) is 28.1 Å². The van der Waals surface area contributed by atoms with E-state index in [-0.39, 0.29) is 5.92 Å². The summed E-state index contributed by atoms with van der Waals surface area (Å²) in [4.78, 5) is 26.6. The van der Waals surface area contributed by atoms with Gasteiger partial charge in [0.1, 0.15) is 6.04 Å². The third-order valence-corrected chi connectivity index (χ3v) is 2.71. The van der Waals surface area contributed by atoms with Crippen molar-refractivity contribution in [3.8, 4) is 0 Å². The van der Waals surface area contributed by atoms with Crippen LogP contribution in [0.25, 0.3) is 0 Å². The summed E-state index contributed by atoms with van der Waals surface area (Å²) in [5.74, 6) is -0.870. The molecule has 0 saturated carbocycles. The Morgan fingerprint density at radius 3 is 2.63 bits per heavy atom. The highest BCUT2D eigenvalue weighted by molar-refractivity contribution is 9.10. The number of nitrogens with one attached hydrogen (secondary N) is 2. The van der Waals surface area contributed by atoms with Crippen molar-refractivity contribution in [3.05, 3.63) is 22.9 Å². The number of hydrogen-bond acceptors (Lipinski definition) is 3. The summed E-state index contributed by atoms with van der Waals surface area (Å²) in [5.41, 5.74) is 0.487. The van der Waals surface area contributed by atoms with E-state index in [0.717, 1.165) is 4.47 Å². The van der Waals surface area contributed by atoms with Crippen molar-refractivity contribution in [2.24, 2.45) is 5.92 Å². The second-order valence-electron chi connectivity index (χ2n) is 4.51. The van der Waals surface area contributed by atoms with Gasteiger partial charge in [-0.05, 0) is 34.3 Å². The Morgan fingerprint density at radius 1 is 1.42 bits per heavy atom. The average Bonchev–Trinajstić information content (AvgIpc) is 2.27. The molecule has 0 saturated heterocycles. The van der Waals surface area contributed by atoms with Crippen LogP contribution in [0.15, 0.2) is 22.9 Å². The lowest BCUT2D eigenvalue weighted by Crippen LogP contribution is -2.43. The standard InChI is InChI=1S/C12H16BrN3O3/c1-7(2)3-10(11(17)18)16-12(19)15-9-4-8(13)5-14-6-9/h4-7,10H,3H2,1-2H3,(H,17,18)(H2,15,16,19)/t10-/m0/s1. The molecule has 0 bridgehead atoms. The molecule has 3 N–H and O–H groups in total. The number of hydrogen-bond donors (Lipinski definition) is 3. The van der Waals surface area contributed by atoms with Crippen LogP contribution in [0.3, 0.4) is 0 Å². The molecule has 0 aliphatic heterocycles. The topological polar surface area (TPSA) is 91.3 Å². The van der Waals surface area contributed by atoms with E-state index in [0.29, 0.717) is 12.1 Å². The van der Waals surface area contributed by atoms with Crippen molar-refractivity contribution in [1.82, 2.24) is 10.3 Å². The van der Waals surface area contributed by atoms with E-state index < -0.39 is 18.0 Å². The van der Waals surface area contributed by atoms with Gasteiger partial charge in [-0.2, -0.15) is 0 Å². The molecular formula is C12H16BrN3O3. The molecule has 6 nitrogen and oxygen atoms in total. The van der Waals surface area contributed by atoms with Gasteiger partial charge in [-0.25, -0.2) is 9.59 Å². The van der Waals surface area contributed by atoms with Crippen molar-refractivity contribution >= 4 is 33.6 Å². The van der Waals surface area contributed by atoms with E-state index >= 15 is 0 Å². The van der Waals surface area contributed by atoms with Crippen LogP contribution in [0.5, 0.6) is 0 Å². The fraction of sp³-hybridized carbons (Fsp3) is 0.417. The van der Waals surface area contributed by atoms with Gasteiger partial charge in [-0.15, -0.1) is 0 Å². The molecule has 2 amide bonds. The lowest BCUT2D eigenvalue weighted by Gasteiger charge is -2.16. The Hall–Kier alpha value is -1.63. The van der Waals surface area contributed by atoms with Crippen molar-refractivity contribution in [2.45, 2.75) is 26.3 Å². The average molecular weight is 330 g/mol. The van der Waals surface area contributed by atoms with Gasteiger partial charge in [0.05, 0.1) is 11.9 Å². The Balaban J connectivity index is 2.60. The van der Waals surface area contributed by atoms with Crippen molar-refractivity contribution in [2.75, 3.05) is 5.32 Å². The largest absolute Gasteiger partial charge is 0.480 e. The Kier molecular flexibility index (Phi) is 5.75. The molecule has 0 unspecified atom stereocenters. The molecule has 1 atom stereocenters. The third kappa shape index (κ3) is 5.69. The van der Waals surface area contributed by atoms with E-state index in [1.165, 1.54) is 6.20 Å². The number of amides is 2. The molecule has 0 aliphatic carbocycles. The number of carboxylic acids is 1. The minimum absolute atomic E-state index is 0.175. The fourth-order valence-corrected chi connectivity index (χ4v) is 1.86. The van der Waals surface area contributed by atoms with Crippen LogP contribution in [0.2, 0.25) is 0 Å². The van der Waals surface area contributed by atoms with Crippen LogP contribution in [0, 0.1) is 5.92 Å². The number of rotatable bonds is 5. The number of aromatic nitrogens is 1. The van der Waals surface area contributed by atoms with Gasteiger partial charge in [-0.1, -0.05) is 13.8 Å². The second-order valence-corrected chi connectivity index (χ2v) is 5.43. The van der Waals surface area contributed by atoms with E-state index in [4.69, 9.17) is 5.11 Å². The SMILES string of the molecule is CC(C)C[C@H](NC(=O)Nc1cncc(Br)c1)C(=O)O. The molecule has 1 heterocycles. The molecule has 1 rings (SSSR count). The molecule has 0 aromatic carbocycles. The summed E-state index contributed by atoms with van der Waals surface area (Å²) in [5, 5.41) is 14.0. The monoisotopic (exact) mass is 329 g/mol. The number of carbonyl (C=O) groups is 2. The lowest BCUT2D eigenvalue weighted by atomic mass is 10.0. The normalized spacial score (nSPS) is 12.0. The Bertz CT molecular complexity index is 465. The minimum Gasteiger partial charge on any atom is -0.480 e. The highest BCUT2D eigenvalue weighted by Crippen LogP contribution is 2.13. The number of carbonyl (C=O) groups excluding carboxylic acids is 1. The highest BCUT2D eigenvalue weighted by atomic mass is 79.9. The maximum atomic E-state index is 11.7. The Labute approximate surface area is 119 Å². The van der Waals surface area contributed by atoms with E-state index in [2.05, 4.69) is 31.5 Å². The molecule has 7 heteroatoms. The van der Waals surface area contributed by atoms with E-state index in [9.17, 15) is 9.59 Å². The number of urea groups is 1. The predicted octanol–water partition coefficient (Wildman–Crippen LogP) is 2.46. The van der Waals surface area contributed by atoms with Gasteiger partial charge < -0.3 is 15.7 Å². The molecule has 1 aromatic rings. The summed E-state index contributed by atoms with van der Waals surface area (Å²) in [6.07, 6.45) is 3.43. The van der Waals surface area contributed by atoms with Crippen molar-refractivity contribution in [3.63, 3.8) is 0 Å². The number of anilines is 1. The zero-order valence-electron chi connectivity index (χ0n) is 10.7. The molecule has 0 spiro atoms. The van der Waals surface area contributed by atoms with Gasteiger partial charge in [-0.3, -0.25) is 4.98 Å². The van der Waals surface area contributed by atoms with Crippen LogP contribution in [0.1, 0.15) is 20.3 Å². The van der Waals surface area contributed by atoms with Crippen LogP contribution in [-0.2, 0) is 4.79 Å². The van der Waals surface area contributed by atoms with Crippen molar-refractivity contribution in [1.29, 1.82) is 0 Å². The maximum absolute atomic E-state index is 11.7. The first-order valence-electron chi connectivity index (χ1n) is 5.79. The maximum Gasteiger partial charge on any atom is 0.326 e. The van der Waals surface area contributed by atoms with Gasteiger partial charge in [0.25, 0.3) is 0 Å². The summed E-state index contributed by atoms with van der Waals surface area (Å²) < 4.78 is 0.724. The van der Waals surface area contributed by atoms with Gasteiger partial charge in [0.15, 0.2) is 0 Å². The van der Waals surface area contributed by atoms with Gasteiger partial charge >= 0.3 is 12.0 Å². The lowest BCUT2D eigenvalue weighted by molar-refractivity contribution is -0.139. The van der Waals surface area contributed by atoms with Crippen LogP contribution >= 0.6 is 15.9 Å². The zero-order chi connectivity index (χ0) is 14.4. The Morgan fingerprint density at radius 2 is 2.11 bits per heavy atom. The fourth-order valence-electron chi connectivity index (χ4n) is 1.50. The summed E-state index contributed by atoms with van der Waals surface area (Å²) in [6, 6.07) is 0.207. The third-order valence-electron chi connectivity index (χ3n) is 2.27. The smallest absolute Gasteiger partial charge is 0.326 e. The first kappa shape index (κ1) is 15.4. The minimum atomic E-state index is -1.05. The number of aliphatic carboxylic acids is 1. The van der Waals surface area contributed by atoms with E-state index in [1.54, 1.807) is 12.3 Å². The number of nitrogens with zero attached hydrogens (tertiary/aromatic N) is 1. The molecule has 0 aliphatic rings. The first-order chi connectivity index (χ1) is 8.88. The molecule has 1 aromatic heterocycles. The molecule has 0 radical (unpaired) electrons. The molecule has 104 valence electrons. The molecule has 19 heavy (non-hydrogen) atoms. The predicted molar refractivity (Wildman–Crippen MR) is 75.0 cm³/mol. The summed E-state index contributed by atoms with van der Waals surface area (Å²) in [7, 11) is 0. The van der Waals surface area contributed by atoms with Gasteiger partial charge in [0, 0.05) is 10.7 Å². The first-order valence-corrected chi connectivity index (χ1v) is 6.58. The summed E-state index contributed by atoms with van der Waals surface area (Å²) >= 11 is 3.23. The second kappa shape index (κ2) is 7.08. The highest BCUT2D eigenvalue weighted by Gasteiger charge is 2.20. The quantitative estimate of drug-likeness (QED) is 0.773. The van der Waals surface area contributed by atoms with Gasteiger partial charge in [0.2, 0.25) is 0 Å².